The van der Waals surface area contributed by atoms with E-state index in [1.807, 2.05) is 30.3 Å². The minimum Gasteiger partial charge on any atom is -0.493 e. The Hall–Kier alpha value is -0.420. The van der Waals surface area contributed by atoms with Crippen molar-refractivity contribution in [2.24, 2.45) is 0 Å². The van der Waals surface area contributed by atoms with Crippen LogP contribution in [0.1, 0.15) is 16.5 Å². The van der Waals surface area contributed by atoms with Gasteiger partial charge in [0.05, 0.1) is 19.6 Å². The fraction of sp³-hybridized carbons (Fsp3) is 0.200. The van der Waals surface area contributed by atoms with Crippen molar-refractivity contribution in [1.29, 1.82) is 0 Å². The van der Waals surface area contributed by atoms with E-state index in [1.54, 1.807) is 14.2 Å². The van der Waals surface area contributed by atoms with Crippen LogP contribution in [0.25, 0.3) is 0 Å². The van der Waals surface area contributed by atoms with Gasteiger partial charge in [0.1, 0.15) is 0 Å². The largest absolute Gasteiger partial charge is 0.493 e. The highest BCUT2D eigenvalue weighted by Crippen LogP contribution is 2.42. The molecule has 1 atom stereocenters. The molecule has 0 aliphatic heterocycles. The Balaban J connectivity index is 2.50. The predicted molar refractivity (Wildman–Crippen MR) is 94.1 cm³/mol. The summed E-state index contributed by atoms with van der Waals surface area (Å²) in [5.41, 5.74) is 1.69. The molecule has 0 aromatic heterocycles. The Morgan fingerprint density at radius 1 is 0.952 bits per heavy atom. The van der Waals surface area contributed by atoms with E-state index in [2.05, 4.69) is 31.9 Å². The number of benzene rings is 2. The Morgan fingerprint density at radius 2 is 1.57 bits per heavy atom. The lowest BCUT2D eigenvalue weighted by atomic mass is 10.0. The molecule has 21 heavy (non-hydrogen) atoms. The summed E-state index contributed by atoms with van der Waals surface area (Å²) in [6.45, 7) is 0. The van der Waals surface area contributed by atoms with Crippen LogP contribution in [0.5, 0.6) is 11.5 Å². The van der Waals surface area contributed by atoms with Crippen LogP contribution >= 0.6 is 55.1 Å². The lowest BCUT2D eigenvalue weighted by Crippen LogP contribution is -1.99. The molecular formula is C15H12Br2Cl2O2. The highest BCUT2D eigenvalue weighted by molar-refractivity contribution is 9.10. The van der Waals surface area contributed by atoms with Gasteiger partial charge in [0, 0.05) is 14.0 Å². The monoisotopic (exact) mass is 452 g/mol. The zero-order valence-electron chi connectivity index (χ0n) is 11.3. The Morgan fingerprint density at radius 3 is 2.14 bits per heavy atom. The SMILES string of the molecule is COc1cc(Br)c(C(Cl)c2ccc(Br)cc2Cl)cc1OC. The molecule has 0 radical (unpaired) electrons. The highest BCUT2D eigenvalue weighted by atomic mass is 79.9. The third kappa shape index (κ3) is 3.67. The molecule has 2 aromatic rings. The van der Waals surface area contributed by atoms with Crippen molar-refractivity contribution in [3.05, 3.63) is 55.4 Å². The standard InChI is InChI=1S/C15H12Br2Cl2O2/c1-20-13-6-10(11(17)7-14(13)21-2)15(19)9-4-3-8(16)5-12(9)18/h3-7,15H,1-2H3. The molecule has 112 valence electrons. The fourth-order valence-electron chi connectivity index (χ4n) is 1.94. The van der Waals surface area contributed by atoms with Crippen LogP contribution in [0.3, 0.4) is 0 Å². The van der Waals surface area contributed by atoms with Gasteiger partial charge in [-0.25, -0.2) is 0 Å². The number of ether oxygens (including phenoxy) is 2. The summed E-state index contributed by atoms with van der Waals surface area (Å²) in [6.07, 6.45) is 0. The number of halogens is 4. The minimum atomic E-state index is -0.403. The van der Waals surface area contributed by atoms with E-state index < -0.39 is 5.38 Å². The maximum atomic E-state index is 6.59. The quantitative estimate of drug-likeness (QED) is 0.511. The van der Waals surface area contributed by atoms with E-state index >= 15 is 0 Å². The normalized spacial score (nSPS) is 12.1. The lowest BCUT2D eigenvalue weighted by molar-refractivity contribution is 0.354. The summed E-state index contributed by atoms with van der Waals surface area (Å²) in [5, 5.41) is 0.200. The Labute approximate surface area is 150 Å². The van der Waals surface area contributed by atoms with E-state index in [1.165, 1.54) is 0 Å². The molecule has 0 amide bonds. The van der Waals surface area contributed by atoms with Crippen molar-refractivity contribution >= 4 is 55.1 Å². The van der Waals surface area contributed by atoms with Gasteiger partial charge >= 0.3 is 0 Å². The van der Waals surface area contributed by atoms with Gasteiger partial charge in [0.25, 0.3) is 0 Å². The summed E-state index contributed by atoms with van der Waals surface area (Å²) in [6, 6.07) is 9.30. The lowest BCUT2D eigenvalue weighted by Gasteiger charge is -2.17. The molecule has 6 heteroatoms. The first-order chi connectivity index (χ1) is 9.97. The van der Waals surface area contributed by atoms with Gasteiger partial charge in [-0.1, -0.05) is 49.5 Å². The first-order valence-electron chi connectivity index (χ1n) is 5.98. The third-order valence-electron chi connectivity index (χ3n) is 3.01. The van der Waals surface area contributed by atoms with Gasteiger partial charge in [0.2, 0.25) is 0 Å². The first kappa shape index (κ1) is 16.9. The van der Waals surface area contributed by atoms with Crippen LogP contribution in [0, 0.1) is 0 Å². The predicted octanol–water partition coefficient (Wildman–Crippen LogP) is 6.21. The Bertz CT molecular complexity index is 662. The van der Waals surface area contributed by atoms with Crippen molar-refractivity contribution in [1.82, 2.24) is 0 Å². The molecule has 0 aliphatic carbocycles. The first-order valence-corrected chi connectivity index (χ1v) is 8.38. The maximum Gasteiger partial charge on any atom is 0.161 e. The highest BCUT2D eigenvalue weighted by Gasteiger charge is 2.20. The molecular weight excluding hydrogens is 443 g/mol. The fourth-order valence-corrected chi connectivity index (χ4v) is 3.83. The summed E-state index contributed by atoms with van der Waals surface area (Å²) in [5.74, 6) is 1.26. The van der Waals surface area contributed by atoms with Crippen LogP contribution < -0.4 is 9.47 Å². The number of alkyl halides is 1. The van der Waals surface area contributed by atoms with E-state index in [0.717, 1.165) is 20.1 Å². The van der Waals surface area contributed by atoms with Crippen LogP contribution in [-0.4, -0.2) is 14.2 Å². The number of rotatable bonds is 4. The average Bonchev–Trinajstić information content (AvgIpc) is 2.46. The molecule has 2 aromatic carbocycles. The molecule has 0 aliphatic rings. The van der Waals surface area contributed by atoms with Crippen molar-refractivity contribution < 1.29 is 9.47 Å². The van der Waals surface area contributed by atoms with E-state index in [9.17, 15) is 0 Å². The Kier molecular flexibility index (Phi) is 5.83. The molecule has 0 saturated carbocycles. The van der Waals surface area contributed by atoms with Gasteiger partial charge in [0.15, 0.2) is 11.5 Å². The summed E-state index contributed by atoms with van der Waals surface area (Å²) < 4.78 is 12.3. The molecule has 0 bridgehead atoms. The molecule has 0 N–H and O–H groups in total. The number of hydrogen-bond acceptors (Lipinski definition) is 2. The number of methoxy groups -OCH3 is 2. The summed E-state index contributed by atoms with van der Waals surface area (Å²) >= 11 is 19.8. The van der Waals surface area contributed by atoms with Gasteiger partial charge in [-0.2, -0.15) is 0 Å². The third-order valence-corrected chi connectivity index (χ3v) is 4.99. The molecule has 0 saturated heterocycles. The second kappa shape index (κ2) is 7.23. The van der Waals surface area contributed by atoms with E-state index in [-0.39, 0.29) is 0 Å². The topological polar surface area (TPSA) is 18.5 Å². The van der Waals surface area contributed by atoms with Gasteiger partial charge in [-0.05, 0) is 35.4 Å². The van der Waals surface area contributed by atoms with Crippen LogP contribution in [-0.2, 0) is 0 Å². The van der Waals surface area contributed by atoms with Crippen molar-refractivity contribution in [3.63, 3.8) is 0 Å². The van der Waals surface area contributed by atoms with Crippen molar-refractivity contribution in [2.75, 3.05) is 14.2 Å². The van der Waals surface area contributed by atoms with E-state index in [4.69, 9.17) is 32.7 Å². The second-order valence-corrected chi connectivity index (χ2v) is 6.87. The molecule has 2 nitrogen and oxygen atoms in total. The minimum absolute atomic E-state index is 0.403. The van der Waals surface area contributed by atoms with Crippen molar-refractivity contribution in [3.8, 4) is 11.5 Å². The molecule has 1 unspecified atom stereocenters. The molecule has 0 fully saturated rings. The average molecular weight is 455 g/mol. The number of hydrogen-bond donors (Lipinski definition) is 0. The second-order valence-electron chi connectivity index (χ2n) is 4.26. The molecule has 2 rings (SSSR count). The van der Waals surface area contributed by atoms with Gasteiger partial charge in [-0.3, -0.25) is 0 Å². The smallest absolute Gasteiger partial charge is 0.161 e. The maximum absolute atomic E-state index is 6.59. The molecule has 0 spiro atoms. The zero-order chi connectivity index (χ0) is 15.6. The van der Waals surface area contributed by atoms with Crippen LogP contribution in [0.2, 0.25) is 5.02 Å². The summed E-state index contributed by atoms with van der Waals surface area (Å²) in [7, 11) is 3.18. The van der Waals surface area contributed by atoms with Gasteiger partial charge in [-0.15, -0.1) is 11.6 Å². The summed E-state index contributed by atoms with van der Waals surface area (Å²) in [4.78, 5) is 0. The van der Waals surface area contributed by atoms with Crippen LogP contribution in [0.15, 0.2) is 39.3 Å². The zero-order valence-corrected chi connectivity index (χ0v) is 16.0. The van der Waals surface area contributed by atoms with Gasteiger partial charge < -0.3 is 9.47 Å². The van der Waals surface area contributed by atoms with E-state index in [0.29, 0.717) is 16.5 Å². The van der Waals surface area contributed by atoms with Crippen molar-refractivity contribution in [2.45, 2.75) is 5.38 Å². The molecule has 0 heterocycles. The van der Waals surface area contributed by atoms with Crippen LogP contribution in [0.4, 0.5) is 0 Å².